The van der Waals surface area contributed by atoms with Crippen molar-refractivity contribution in [1.29, 1.82) is 0 Å². The van der Waals surface area contributed by atoms with Gasteiger partial charge >= 0.3 is 0 Å². The van der Waals surface area contributed by atoms with Gasteiger partial charge in [-0.3, -0.25) is 9.69 Å². The second kappa shape index (κ2) is 9.43. The van der Waals surface area contributed by atoms with Crippen LogP contribution in [0.2, 0.25) is 0 Å². The van der Waals surface area contributed by atoms with Crippen LogP contribution in [0.25, 0.3) is 11.4 Å². The van der Waals surface area contributed by atoms with Crippen LogP contribution in [-0.2, 0) is 24.4 Å². The van der Waals surface area contributed by atoms with Gasteiger partial charge in [-0.15, -0.1) is 10.2 Å². The average molecular weight is 390 g/mol. The van der Waals surface area contributed by atoms with Gasteiger partial charge in [-0.1, -0.05) is 61.0 Å². The van der Waals surface area contributed by atoms with E-state index in [2.05, 4.69) is 49.9 Å². The van der Waals surface area contributed by atoms with Gasteiger partial charge in [-0.25, -0.2) is 0 Å². The van der Waals surface area contributed by atoms with Crippen molar-refractivity contribution < 1.29 is 4.79 Å². The van der Waals surface area contributed by atoms with Crippen molar-refractivity contribution in [2.24, 2.45) is 0 Å². The van der Waals surface area contributed by atoms with E-state index in [1.54, 1.807) is 0 Å². The van der Waals surface area contributed by atoms with Gasteiger partial charge in [-0.2, -0.15) is 4.80 Å². The number of hydrogen-bond acceptors (Lipinski definition) is 5. The minimum atomic E-state index is -0.139. The van der Waals surface area contributed by atoms with Crippen molar-refractivity contribution in [3.8, 4) is 11.4 Å². The minimum Gasteiger partial charge on any atom is -0.350 e. The average Bonchev–Trinajstić information content (AvgIpc) is 3.23. The summed E-state index contributed by atoms with van der Waals surface area (Å²) in [5.74, 6) is 0.377. The summed E-state index contributed by atoms with van der Waals surface area (Å²) in [5.41, 5.74) is 3.28. The monoisotopic (exact) mass is 390 g/mol. The number of piperidine rings is 1. The number of benzene rings is 2. The van der Waals surface area contributed by atoms with Crippen LogP contribution in [0.4, 0.5) is 0 Å². The van der Waals surface area contributed by atoms with Gasteiger partial charge in [0.05, 0.1) is 0 Å². The number of aromatic nitrogens is 4. The van der Waals surface area contributed by atoms with Crippen LogP contribution in [0, 0.1) is 0 Å². The SMILES string of the molecule is O=C(Cn1nnc(-c2ccccc2)n1)NCc1ccc(CN2CCCCC2)cc1. The molecule has 7 heteroatoms. The molecule has 29 heavy (non-hydrogen) atoms. The highest BCUT2D eigenvalue weighted by Crippen LogP contribution is 2.14. The Morgan fingerprint density at radius 1 is 0.931 bits per heavy atom. The Morgan fingerprint density at radius 2 is 1.66 bits per heavy atom. The van der Waals surface area contributed by atoms with E-state index in [0.29, 0.717) is 12.4 Å². The molecule has 1 N–H and O–H groups in total. The molecule has 1 saturated heterocycles. The lowest BCUT2D eigenvalue weighted by atomic mass is 10.1. The molecule has 1 aliphatic rings. The fourth-order valence-electron chi connectivity index (χ4n) is 3.54. The lowest BCUT2D eigenvalue weighted by molar-refractivity contribution is -0.122. The molecule has 0 spiro atoms. The van der Waals surface area contributed by atoms with Crippen molar-refractivity contribution in [3.05, 3.63) is 65.7 Å². The molecule has 0 radical (unpaired) electrons. The molecule has 1 amide bonds. The molecule has 0 aliphatic carbocycles. The van der Waals surface area contributed by atoms with Crippen LogP contribution in [0.5, 0.6) is 0 Å². The third-order valence-corrected chi connectivity index (χ3v) is 5.14. The topological polar surface area (TPSA) is 75.9 Å². The summed E-state index contributed by atoms with van der Waals surface area (Å²) < 4.78 is 0. The van der Waals surface area contributed by atoms with Crippen molar-refractivity contribution in [2.45, 2.75) is 38.9 Å². The van der Waals surface area contributed by atoms with E-state index < -0.39 is 0 Å². The molecule has 0 saturated carbocycles. The highest BCUT2D eigenvalue weighted by molar-refractivity contribution is 5.75. The number of tetrazole rings is 1. The smallest absolute Gasteiger partial charge is 0.243 e. The molecule has 1 fully saturated rings. The maximum Gasteiger partial charge on any atom is 0.243 e. The zero-order valence-electron chi connectivity index (χ0n) is 16.5. The fourth-order valence-corrected chi connectivity index (χ4v) is 3.54. The Morgan fingerprint density at radius 3 is 2.41 bits per heavy atom. The standard InChI is InChI=1S/C22H26N6O/c29-21(17-28-25-22(24-26-28)20-7-3-1-4-8-20)23-15-18-9-11-19(12-10-18)16-27-13-5-2-6-14-27/h1,3-4,7-12H,2,5-6,13-17H2,(H,23,29). The van der Waals surface area contributed by atoms with E-state index in [9.17, 15) is 4.79 Å². The maximum absolute atomic E-state index is 12.2. The Labute approximate surface area is 170 Å². The molecule has 0 bridgehead atoms. The van der Waals surface area contributed by atoms with Crippen LogP contribution in [0.1, 0.15) is 30.4 Å². The first kappa shape index (κ1) is 19.3. The lowest BCUT2D eigenvalue weighted by Gasteiger charge is -2.26. The molecule has 2 aromatic carbocycles. The van der Waals surface area contributed by atoms with Crippen molar-refractivity contribution in [1.82, 2.24) is 30.4 Å². The zero-order valence-corrected chi connectivity index (χ0v) is 16.5. The number of nitrogens with one attached hydrogen (secondary N) is 1. The van der Waals surface area contributed by atoms with E-state index >= 15 is 0 Å². The number of carbonyl (C=O) groups excluding carboxylic acids is 1. The third-order valence-electron chi connectivity index (χ3n) is 5.14. The van der Waals surface area contributed by atoms with Gasteiger partial charge in [0.25, 0.3) is 0 Å². The highest BCUT2D eigenvalue weighted by atomic mass is 16.2. The van der Waals surface area contributed by atoms with Crippen LogP contribution < -0.4 is 5.32 Å². The molecular weight excluding hydrogens is 364 g/mol. The summed E-state index contributed by atoms with van der Waals surface area (Å²) in [6.07, 6.45) is 3.96. The van der Waals surface area contributed by atoms with Crippen LogP contribution in [-0.4, -0.2) is 44.1 Å². The Hall–Kier alpha value is -3.06. The molecular formula is C22H26N6O. The van der Waals surface area contributed by atoms with Crippen molar-refractivity contribution in [2.75, 3.05) is 13.1 Å². The molecule has 0 atom stereocenters. The Balaban J connectivity index is 1.25. The number of carbonyl (C=O) groups is 1. The summed E-state index contributed by atoms with van der Waals surface area (Å²) in [6, 6.07) is 18.1. The van der Waals surface area contributed by atoms with E-state index in [1.807, 2.05) is 30.3 Å². The zero-order chi connectivity index (χ0) is 19.9. The first-order chi connectivity index (χ1) is 14.3. The molecule has 0 unspecified atom stereocenters. The van der Waals surface area contributed by atoms with Crippen molar-refractivity contribution >= 4 is 5.91 Å². The Kier molecular flexibility index (Phi) is 6.26. The predicted molar refractivity (Wildman–Crippen MR) is 111 cm³/mol. The second-order valence-corrected chi connectivity index (χ2v) is 7.44. The van der Waals surface area contributed by atoms with E-state index in [-0.39, 0.29) is 12.5 Å². The quantitative estimate of drug-likeness (QED) is 0.671. The van der Waals surface area contributed by atoms with Gasteiger partial charge < -0.3 is 5.32 Å². The van der Waals surface area contributed by atoms with E-state index in [4.69, 9.17) is 0 Å². The van der Waals surface area contributed by atoms with Gasteiger partial charge in [0.15, 0.2) is 0 Å². The van der Waals surface area contributed by atoms with Crippen molar-refractivity contribution in [3.63, 3.8) is 0 Å². The highest BCUT2D eigenvalue weighted by Gasteiger charge is 2.11. The summed E-state index contributed by atoms with van der Waals surface area (Å²) >= 11 is 0. The molecule has 7 nitrogen and oxygen atoms in total. The van der Waals surface area contributed by atoms with Gasteiger partial charge in [-0.05, 0) is 42.3 Å². The summed E-state index contributed by atoms with van der Waals surface area (Å²) in [6.45, 7) is 3.94. The van der Waals surface area contributed by atoms with Crippen LogP contribution in [0.15, 0.2) is 54.6 Å². The molecule has 1 aromatic heterocycles. The number of amides is 1. The largest absolute Gasteiger partial charge is 0.350 e. The normalized spacial score (nSPS) is 14.6. The number of likely N-dealkylation sites (tertiary alicyclic amines) is 1. The number of hydrogen-bond donors (Lipinski definition) is 1. The molecule has 2 heterocycles. The van der Waals surface area contributed by atoms with Crippen LogP contribution >= 0.6 is 0 Å². The number of nitrogens with zero attached hydrogens (tertiary/aromatic N) is 5. The summed E-state index contributed by atoms with van der Waals surface area (Å²) in [4.78, 5) is 16.0. The molecule has 1 aliphatic heterocycles. The third kappa shape index (κ3) is 5.48. The molecule has 3 aromatic rings. The second-order valence-electron chi connectivity index (χ2n) is 7.44. The predicted octanol–water partition coefficient (Wildman–Crippen LogP) is 2.64. The summed E-state index contributed by atoms with van der Waals surface area (Å²) in [7, 11) is 0. The lowest BCUT2D eigenvalue weighted by Crippen LogP contribution is -2.29. The van der Waals surface area contributed by atoms with E-state index in [0.717, 1.165) is 17.7 Å². The first-order valence-corrected chi connectivity index (χ1v) is 10.2. The van der Waals surface area contributed by atoms with E-state index in [1.165, 1.54) is 42.7 Å². The first-order valence-electron chi connectivity index (χ1n) is 10.2. The molecule has 150 valence electrons. The minimum absolute atomic E-state index is 0.0485. The van der Waals surface area contributed by atoms with Crippen LogP contribution in [0.3, 0.4) is 0 Å². The van der Waals surface area contributed by atoms with Gasteiger partial charge in [0.2, 0.25) is 11.7 Å². The maximum atomic E-state index is 12.2. The molecule has 4 rings (SSSR count). The van der Waals surface area contributed by atoms with Gasteiger partial charge in [0.1, 0.15) is 6.54 Å². The summed E-state index contributed by atoms with van der Waals surface area (Å²) in [5, 5.41) is 15.2. The fraction of sp³-hybridized carbons (Fsp3) is 0.364. The van der Waals surface area contributed by atoms with Gasteiger partial charge in [0, 0.05) is 18.7 Å². The number of rotatable bonds is 7. The Bertz CT molecular complexity index is 916.